The molecule has 1 saturated heterocycles. The zero-order valence-electron chi connectivity index (χ0n) is 14.2. The second-order valence-corrected chi connectivity index (χ2v) is 8.54. The van der Waals surface area contributed by atoms with E-state index in [0.717, 1.165) is 56.4 Å². The van der Waals surface area contributed by atoms with Gasteiger partial charge in [0.15, 0.2) is 0 Å². The van der Waals surface area contributed by atoms with Gasteiger partial charge >= 0.3 is 0 Å². The second kappa shape index (κ2) is 7.33. The third kappa shape index (κ3) is 3.98. The van der Waals surface area contributed by atoms with Crippen LogP contribution in [0.2, 0.25) is 0 Å². The maximum Gasteiger partial charge on any atom is 0.275 e. The molecule has 4 rings (SSSR count). The van der Waals surface area contributed by atoms with Crippen LogP contribution in [-0.2, 0) is 13.0 Å². The summed E-state index contributed by atoms with van der Waals surface area (Å²) in [7, 11) is 0. The predicted octanol–water partition coefficient (Wildman–Crippen LogP) is 1.88. The average Bonchev–Trinajstić information content (AvgIpc) is 3.23. The lowest BCUT2D eigenvalue weighted by Crippen LogP contribution is -2.46. The monoisotopic (exact) mass is 375 g/mol. The van der Waals surface area contributed by atoms with Crippen molar-refractivity contribution in [3.8, 4) is 0 Å². The Morgan fingerprint density at radius 3 is 2.76 bits per heavy atom. The summed E-state index contributed by atoms with van der Waals surface area (Å²) in [6.07, 6.45) is 1.14. The van der Waals surface area contributed by atoms with Crippen molar-refractivity contribution in [1.82, 2.24) is 24.4 Å². The van der Waals surface area contributed by atoms with Gasteiger partial charge in [0.2, 0.25) is 4.96 Å². The molecule has 0 spiro atoms. The van der Waals surface area contributed by atoms with Gasteiger partial charge in [-0.2, -0.15) is 9.61 Å². The molecule has 0 saturated carbocycles. The van der Waals surface area contributed by atoms with Crippen LogP contribution in [-0.4, -0.2) is 57.1 Å². The highest BCUT2D eigenvalue weighted by molar-refractivity contribution is 7.16. The van der Waals surface area contributed by atoms with Gasteiger partial charge in [-0.05, 0) is 24.8 Å². The molecule has 1 aliphatic heterocycles. The fourth-order valence-corrected chi connectivity index (χ4v) is 4.62. The Morgan fingerprint density at radius 2 is 2.00 bits per heavy atom. The van der Waals surface area contributed by atoms with Crippen LogP contribution < -0.4 is 5.56 Å². The van der Waals surface area contributed by atoms with Crippen molar-refractivity contribution < 1.29 is 0 Å². The van der Waals surface area contributed by atoms with Gasteiger partial charge in [-0.3, -0.25) is 9.69 Å². The molecule has 1 aliphatic rings. The summed E-state index contributed by atoms with van der Waals surface area (Å²) in [5.74, 6) is 0. The van der Waals surface area contributed by atoms with Crippen LogP contribution in [0.1, 0.15) is 15.6 Å². The minimum atomic E-state index is -0.0843. The van der Waals surface area contributed by atoms with Crippen molar-refractivity contribution in [2.45, 2.75) is 19.9 Å². The largest absolute Gasteiger partial charge is 0.300 e. The first-order valence-corrected chi connectivity index (χ1v) is 10.2. The quantitative estimate of drug-likeness (QED) is 0.682. The normalized spacial score (nSPS) is 16.7. The van der Waals surface area contributed by atoms with E-state index in [9.17, 15) is 4.79 Å². The van der Waals surface area contributed by atoms with Crippen molar-refractivity contribution in [1.29, 1.82) is 0 Å². The zero-order valence-corrected chi connectivity index (χ0v) is 15.9. The fraction of sp³-hybridized carbons (Fsp3) is 0.471. The van der Waals surface area contributed by atoms with E-state index >= 15 is 0 Å². The van der Waals surface area contributed by atoms with Gasteiger partial charge < -0.3 is 4.90 Å². The number of piperazine rings is 1. The molecule has 3 aromatic rings. The SMILES string of the molecule is Cc1nn2c(=O)cc(CN3CCN(CCc4cccs4)CC3)nc2s1. The van der Waals surface area contributed by atoms with Crippen molar-refractivity contribution in [3.63, 3.8) is 0 Å². The fourth-order valence-electron chi connectivity index (χ4n) is 3.16. The Labute approximate surface area is 154 Å². The van der Waals surface area contributed by atoms with Crippen molar-refractivity contribution in [3.05, 3.63) is 49.5 Å². The Bertz CT molecular complexity index is 894. The van der Waals surface area contributed by atoms with Crippen LogP contribution in [0.5, 0.6) is 0 Å². The maximum absolute atomic E-state index is 12.1. The lowest BCUT2D eigenvalue weighted by Gasteiger charge is -2.34. The molecule has 0 aromatic carbocycles. The highest BCUT2D eigenvalue weighted by Crippen LogP contribution is 2.13. The molecule has 0 amide bonds. The molecular formula is C17H21N5OS2. The summed E-state index contributed by atoms with van der Waals surface area (Å²) in [6, 6.07) is 5.95. The van der Waals surface area contributed by atoms with Gasteiger partial charge in [0.05, 0.1) is 5.69 Å². The van der Waals surface area contributed by atoms with E-state index in [2.05, 4.69) is 37.4 Å². The van der Waals surface area contributed by atoms with E-state index < -0.39 is 0 Å². The zero-order chi connectivity index (χ0) is 17.2. The van der Waals surface area contributed by atoms with Gasteiger partial charge in [0.1, 0.15) is 5.01 Å². The first kappa shape index (κ1) is 16.8. The molecule has 0 unspecified atom stereocenters. The van der Waals surface area contributed by atoms with E-state index in [0.29, 0.717) is 4.96 Å². The summed E-state index contributed by atoms with van der Waals surface area (Å²) < 4.78 is 1.39. The molecule has 0 atom stereocenters. The standard InChI is InChI=1S/C17H21N5OS2/c1-13-19-22-16(23)11-14(18-17(22)25-13)12-21-8-6-20(7-9-21)5-4-15-3-2-10-24-15/h2-3,10-11H,4-9,12H2,1H3. The van der Waals surface area contributed by atoms with Gasteiger partial charge in [0, 0.05) is 50.2 Å². The highest BCUT2D eigenvalue weighted by atomic mass is 32.1. The van der Waals surface area contributed by atoms with Crippen LogP contribution in [0.15, 0.2) is 28.4 Å². The molecule has 8 heteroatoms. The molecule has 6 nitrogen and oxygen atoms in total. The number of rotatable bonds is 5. The molecule has 4 heterocycles. The number of hydrogen-bond donors (Lipinski definition) is 0. The smallest absolute Gasteiger partial charge is 0.275 e. The van der Waals surface area contributed by atoms with Gasteiger partial charge in [-0.1, -0.05) is 17.4 Å². The van der Waals surface area contributed by atoms with Gasteiger partial charge in [-0.15, -0.1) is 11.3 Å². The highest BCUT2D eigenvalue weighted by Gasteiger charge is 2.18. The van der Waals surface area contributed by atoms with Crippen LogP contribution in [0, 0.1) is 6.92 Å². The predicted molar refractivity (Wildman–Crippen MR) is 102 cm³/mol. The number of nitrogens with zero attached hydrogens (tertiary/aromatic N) is 5. The van der Waals surface area contributed by atoms with Crippen molar-refractivity contribution >= 4 is 27.6 Å². The number of hydrogen-bond acceptors (Lipinski definition) is 7. The van der Waals surface area contributed by atoms with Gasteiger partial charge in [0.25, 0.3) is 5.56 Å². The minimum absolute atomic E-state index is 0.0843. The summed E-state index contributed by atoms with van der Waals surface area (Å²) in [6.45, 7) is 7.95. The van der Waals surface area contributed by atoms with Crippen LogP contribution in [0.25, 0.3) is 4.96 Å². The first-order valence-electron chi connectivity index (χ1n) is 8.51. The van der Waals surface area contributed by atoms with Gasteiger partial charge in [-0.25, -0.2) is 4.98 Å². The van der Waals surface area contributed by atoms with Crippen LogP contribution in [0.3, 0.4) is 0 Å². The molecule has 1 fully saturated rings. The Morgan fingerprint density at radius 1 is 1.20 bits per heavy atom. The Balaban J connectivity index is 1.33. The van der Waals surface area contributed by atoms with Crippen LogP contribution in [0.4, 0.5) is 0 Å². The number of fused-ring (bicyclic) bond motifs is 1. The molecule has 25 heavy (non-hydrogen) atoms. The van der Waals surface area contributed by atoms with E-state index in [-0.39, 0.29) is 5.56 Å². The topological polar surface area (TPSA) is 53.7 Å². The summed E-state index contributed by atoms with van der Waals surface area (Å²) >= 11 is 3.30. The molecule has 3 aromatic heterocycles. The Hall–Kier alpha value is -1.61. The summed E-state index contributed by atoms with van der Waals surface area (Å²) in [5, 5.41) is 7.20. The molecule has 0 N–H and O–H groups in total. The van der Waals surface area contributed by atoms with Crippen molar-refractivity contribution in [2.75, 3.05) is 32.7 Å². The van der Waals surface area contributed by atoms with E-state index in [4.69, 9.17) is 0 Å². The van der Waals surface area contributed by atoms with Crippen LogP contribution >= 0.6 is 22.7 Å². The molecular weight excluding hydrogens is 354 g/mol. The minimum Gasteiger partial charge on any atom is -0.300 e. The second-order valence-electron chi connectivity index (χ2n) is 6.35. The maximum atomic E-state index is 12.1. The Kier molecular flexibility index (Phi) is 4.93. The van der Waals surface area contributed by atoms with E-state index in [1.54, 1.807) is 6.07 Å². The molecule has 0 aliphatic carbocycles. The average molecular weight is 376 g/mol. The van der Waals surface area contributed by atoms with E-state index in [1.807, 2.05) is 18.3 Å². The summed E-state index contributed by atoms with van der Waals surface area (Å²) in [5.41, 5.74) is 0.764. The number of aryl methyl sites for hydroxylation is 1. The third-order valence-corrected chi connectivity index (χ3v) is 6.26. The first-order chi connectivity index (χ1) is 12.2. The summed E-state index contributed by atoms with van der Waals surface area (Å²) in [4.78, 5) is 23.8. The number of thiophene rings is 1. The molecule has 132 valence electrons. The van der Waals surface area contributed by atoms with E-state index in [1.165, 1.54) is 20.7 Å². The van der Waals surface area contributed by atoms with Crippen molar-refractivity contribution in [2.24, 2.45) is 0 Å². The molecule has 0 bridgehead atoms. The lowest BCUT2D eigenvalue weighted by molar-refractivity contribution is 0.127. The number of aromatic nitrogens is 3. The third-order valence-electron chi connectivity index (χ3n) is 4.50. The lowest BCUT2D eigenvalue weighted by atomic mass is 10.2. The molecule has 0 radical (unpaired) electrons.